The number of hydrogen-bond acceptors (Lipinski definition) is 2. The number of aliphatic hydroxyl groups is 2. The molecule has 0 fully saturated rings. The van der Waals surface area contributed by atoms with Crippen molar-refractivity contribution < 1.29 is 23.4 Å². The average Bonchev–Trinajstić information content (AvgIpc) is 2.16. The average molecular weight is 299 g/mol. The van der Waals surface area contributed by atoms with Crippen molar-refractivity contribution in [3.05, 3.63) is 33.8 Å². The lowest BCUT2D eigenvalue weighted by Gasteiger charge is -2.17. The first kappa shape index (κ1) is 13.5. The van der Waals surface area contributed by atoms with Gasteiger partial charge < -0.3 is 10.2 Å². The van der Waals surface area contributed by atoms with Crippen molar-refractivity contribution >= 4 is 15.9 Å². The van der Waals surface area contributed by atoms with Gasteiger partial charge in [0, 0.05) is 17.5 Å². The molecule has 0 saturated carbocycles. The number of aliphatic hydroxyl groups excluding tert-OH is 2. The van der Waals surface area contributed by atoms with E-state index in [-0.39, 0.29) is 18.6 Å². The summed E-state index contributed by atoms with van der Waals surface area (Å²) in [5, 5.41) is 18.1. The van der Waals surface area contributed by atoms with E-state index in [0.29, 0.717) is 4.47 Å². The van der Waals surface area contributed by atoms with E-state index in [2.05, 4.69) is 15.9 Å². The summed E-state index contributed by atoms with van der Waals surface area (Å²) in [6.07, 6.45) is -5.95. The van der Waals surface area contributed by atoms with E-state index in [4.69, 9.17) is 5.11 Å². The normalized spacial score (nSPS) is 13.9. The summed E-state index contributed by atoms with van der Waals surface area (Å²) in [6, 6.07) is 3.54. The van der Waals surface area contributed by atoms with E-state index in [9.17, 15) is 18.3 Å². The molecule has 1 unspecified atom stereocenters. The highest BCUT2D eigenvalue weighted by Crippen LogP contribution is 2.36. The molecule has 0 heterocycles. The fourth-order valence-corrected chi connectivity index (χ4v) is 1.70. The van der Waals surface area contributed by atoms with E-state index < -0.39 is 17.8 Å². The largest absolute Gasteiger partial charge is 0.416 e. The molecule has 0 radical (unpaired) electrons. The van der Waals surface area contributed by atoms with Crippen LogP contribution >= 0.6 is 15.9 Å². The number of hydrogen-bond donors (Lipinski definition) is 2. The van der Waals surface area contributed by atoms with Crippen LogP contribution < -0.4 is 0 Å². The molecular formula is C10H10BrF3O2. The van der Waals surface area contributed by atoms with Crippen LogP contribution in [0.2, 0.25) is 0 Å². The molecule has 0 spiro atoms. The molecule has 0 amide bonds. The molecule has 0 aliphatic rings. The first-order chi connectivity index (χ1) is 7.36. The molecule has 1 rings (SSSR count). The van der Waals surface area contributed by atoms with Crippen LogP contribution in [0.5, 0.6) is 0 Å². The number of benzene rings is 1. The molecule has 0 aliphatic heterocycles. The molecule has 1 atom stereocenters. The van der Waals surface area contributed by atoms with Gasteiger partial charge in [0.25, 0.3) is 0 Å². The van der Waals surface area contributed by atoms with Crippen molar-refractivity contribution in [2.75, 3.05) is 6.61 Å². The van der Waals surface area contributed by atoms with Crippen LogP contribution in [-0.2, 0) is 6.18 Å². The van der Waals surface area contributed by atoms with Crippen molar-refractivity contribution in [2.45, 2.75) is 18.7 Å². The smallest absolute Gasteiger partial charge is 0.396 e. The zero-order valence-electron chi connectivity index (χ0n) is 8.13. The molecule has 16 heavy (non-hydrogen) atoms. The molecule has 0 aromatic heterocycles. The summed E-state index contributed by atoms with van der Waals surface area (Å²) in [4.78, 5) is 0. The van der Waals surface area contributed by atoms with Crippen LogP contribution in [0.25, 0.3) is 0 Å². The van der Waals surface area contributed by atoms with Gasteiger partial charge in [-0.1, -0.05) is 22.0 Å². The Hall–Kier alpha value is -0.590. The van der Waals surface area contributed by atoms with Gasteiger partial charge in [-0.15, -0.1) is 0 Å². The van der Waals surface area contributed by atoms with E-state index in [1.54, 1.807) is 0 Å². The van der Waals surface area contributed by atoms with E-state index in [1.165, 1.54) is 12.1 Å². The molecular weight excluding hydrogens is 289 g/mol. The van der Waals surface area contributed by atoms with Crippen molar-refractivity contribution in [2.24, 2.45) is 0 Å². The Kier molecular flexibility index (Phi) is 4.35. The third kappa shape index (κ3) is 3.20. The molecule has 1 aromatic carbocycles. The fraction of sp³-hybridized carbons (Fsp3) is 0.400. The number of rotatable bonds is 3. The predicted octanol–water partition coefficient (Wildman–Crippen LogP) is 2.88. The number of alkyl halides is 3. The van der Waals surface area contributed by atoms with Gasteiger partial charge in [0.05, 0.1) is 11.7 Å². The van der Waals surface area contributed by atoms with Crippen molar-refractivity contribution in [1.82, 2.24) is 0 Å². The van der Waals surface area contributed by atoms with Crippen LogP contribution in [0, 0.1) is 0 Å². The lowest BCUT2D eigenvalue weighted by atomic mass is 10.00. The highest BCUT2D eigenvalue weighted by Gasteiger charge is 2.35. The Balaban J connectivity index is 3.18. The molecule has 0 saturated heterocycles. The van der Waals surface area contributed by atoms with Gasteiger partial charge in [-0.3, -0.25) is 0 Å². The number of halogens is 4. The van der Waals surface area contributed by atoms with Gasteiger partial charge in [0.1, 0.15) is 0 Å². The highest BCUT2D eigenvalue weighted by molar-refractivity contribution is 9.10. The Morgan fingerprint density at radius 2 is 1.94 bits per heavy atom. The van der Waals surface area contributed by atoms with Crippen LogP contribution in [0.4, 0.5) is 13.2 Å². The minimum absolute atomic E-state index is 0.120. The Labute approximate surface area is 98.8 Å². The van der Waals surface area contributed by atoms with Crippen molar-refractivity contribution in [1.29, 1.82) is 0 Å². The second-order valence-electron chi connectivity index (χ2n) is 3.26. The molecule has 2 N–H and O–H groups in total. The van der Waals surface area contributed by atoms with Gasteiger partial charge in [-0.2, -0.15) is 13.2 Å². The van der Waals surface area contributed by atoms with Crippen LogP contribution in [0.3, 0.4) is 0 Å². The van der Waals surface area contributed by atoms with Crippen molar-refractivity contribution in [3.8, 4) is 0 Å². The third-order valence-electron chi connectivity index (χ3n) is 2.08. The van der Waals surface area contributed by atoms with Crippen LogP contribution in [0.1, 0.15) is 23.7 Å². The van der Waals surface area contributed by atoms with Gasteiger partial charge in [-0.25, -0.2) is 0 Å². The summed E-state index contributed by atoms with van der Waals surface area (Å²) < 4.78 is 38.2. The lowest BCUT2D eigenvalue weighted by molar-refractivity contribution is -0.139. The second-order valence-corrected chi connectivity index (χ2v) is 4.17. The summed E-state index contributed by atoms with van der Waals surface area (Å²) in [5.74, 6) is 0. The maximum absolute atomic E-state index is 12.6. The zero-order valence-corrected chi connectivity index (χ0v) is 9.72. The van der Waals surface area contributed by atoms with Gasteiger partial charge in [0.15, 0.2) is 0 Å². The first-order valence-corrected chi connectivity index (χ1v) is 5.31. The SMILES string of the molecule is OCCC(O)c1ccc(Br)cc1C(F)(F)F. The van der Waals surface area contributed by atoms with Crippen molar-refractivity contribution in [3.63, 3.8) is 0 Å². The summed E-state index contributed by atoms with van der Waals surface area (Å²) in [7, 11) is 0. The highest BCUT2D eigenvalue weighted by atomic mass is 79.9. The molecule has 0 aliphatic carbocycles. The van der Waals surface area contributed by atoms with Crippen LogP contribution in [-0.4, -0.2) is 16.8 Å². The van der Waals surface area contributed by atoms with E-state index in [0.717, 1.165) is 6.07 Å². The summed E-state index contributed by atoms with van der Waals surface area (Å²) >= 11 is 2.95. The molecule has 6 heteroatoms. The quantitative estimate of drug-likeness (QED) is 0.901. The van der Waals surface area contributed by atoms with E-state index >= 15 is 0 Å². The fourth-order valence-electron chi connectivity index (χ4n) is 1.34. The minimum atomic E-state index is -4.52. The Morgan fingerprint density at radius 3 is 2.44 bits per heavy atom. The molecule has 0 bridgehead atoms. The lowest BCUT2D eigenvalue weighted by Crippen LogP contribution is -2.12. The third-order valence-corrected chi connectivity index (χ3v) is 2.58. The molecule has 90 valence electrons. The Bertz CT molecular complexity index is 366. The monoisotopic (exact) mass is 298 g/mol. The first-order valence-electron chi connectivity index (χ1n) is 4.52. The molecule has 1 aromatic rings. The van der Waals surface area contributed by atoms with Gasteiger partial charge in [0.2, 0.25) is 0 Å². The minimum Gasteiger partial charge on any atom is -0.396 e. The van der Waals surface area contributed by atoms with E-state index in [1.807, 2.05) is 0 Å². The van der Waals surface area contributed by atoms with Gasteiger partial charge >= 0.3 is 6.18 Å². The summed E-state index contributed by atoms with van der Waals surface area (Å²) in [5.41, 5.74) is -1.10. The van der Waals surface area contributed by atoms with Gasteiger partial charge in [-0.05, 0) is 17.7 Å². The maximum Gasteiger partial charge on any atom is 0.416 e. The topological polar surface area (TPSA) is 40.5 Å². The summed E-state index contributed by atoms with van der Waals surface area (Å²) in [6.45, 7) is -0.367. The molecule has 2 nitrogen and oxygen atoms in total. The maximum atomic E-state index is 12.6. The zero-order chi connectivity index (χ0) is 12.3. The Morgan fingerprint density at radius 1 is 1.31 bits per heavy atom. The standard InChI is InChI=1S/C10H10BrF3O2/c11-6-1-2-7(9(16)3-4-15)8(5-6)10(12,13)14/h1-2,5,9,15-16H,3-4H2. The predicted molar refractivity (Wildman–Crippen MR) is 55.8 cm³/mol. The second kappa shape index (κ2) is 5.16. The van der Waals surface area contributed by atoms with Crippen LogP contribution in [0.15, 0.2) is 22.7 Å².